The van der Waals surface area contributed by atoms with Crippen LogP contribution in [0.25, 0.3) is 0 Å². The zero-order valence-corrected chi connectivity index (χ0v) is 14.7. The van der Waals surface area contributed by atoms with Crippen LogP contribution in [-0.4, -0.2) is 11.9 Å². The van der Waals surface area contributed by atoms with E-state index in [-0.39, 0.29) is 11.3 Å². The molecule has 0 aromatic carbocycles. The van der Waals surface area contributed by atoms with Gasteiger partial charge in [0.2, 0.25) is 5.91 Å². The molecule has 2 aliphatic rings. The third-order valence-electron chi connectivity index (χ3n) is 5.71. The van der Waals surface area contributed by atoms with Crippen LogP contribution in [-0.2, 0) is 4.79 Å². The molecule has 1 amide bonds. The van der Waals surface area contributed by atoms with Gasteiger partial charge in [-0.05, 0) is 49.9 Å². The first-order valence-electron chi connectivity index (χ1n) is 8.70. The van der Waals surface area contributed by atoms with E-state index < -0.39 is 0 Å². The van der Waals surface area contributed by atoms with Gasteiger partial charge in [-0.15, -0.1) is 0 Å². The maximum Gasteiger partial charge on any atom is 0.224 e. The number of carbonyl (C=O) groups excluding carboxylic acids is 1. The molecule has 2 fully saturated rings. The molecule has 2 rings (SSSR count). The average molecular weight is 291 g/mol. The summed E-state index contributed by atoms with van der Waals surface area (Å²) >= 11 is 0. The number of amides is 1. The SMILES string of the molecule is CC(C)=C[C@H]1[C@@H](C(=O)N[C@@H]2CCCC[C@@H]2C(C)C)C1(C)C. The Balaban J connectivity index is 2.00. The predicted octanol–water partition coefficient (Wildman–Crippen LogP) is 4.56. The fraction of sp³-hybridized carbons (Fsp3) is 0.842. The summed E-state index contributed by atoms with van der Waals surface area (Å²) in [5.41, 5.74) is 1.45. The monoisotopic (exact) mass is 291 g/mol. The Kier molecular flexibility index (Phi) is 4.85. The van der Waals surface area contributed by atoms with Crippen molar-refractivity contribution in [1.29, 1.82) is 0 Å². The van der Waals surface area contributed by atoms with Crippen LogP contribution in [0.4, 0.5) is 0 Å². The highest BCUT2D eigenvalue weighted by Gasteiger charge is 2.60. The molecule has 2 heteroatoms. The fourth-order valence-electron chi connectivity index (χ4n) is 4.26. The Hall–Kier alpha value is -0.790. The molecule has 4 atom stereocenters. The summed E-state index contributed by atoms with van der Waals surface area (Å²) in [7, 11) is 0. The Bertz CT molecular complexity index is 417. The Morgan fingerprint density at radius 1 is 1.19 bits per heavy atom. The van der Waals surface area contributed by atoms with Crippen molar-refractivity contribution in [3.05, 3.63) is 11.6 Å². The van der Waals surface area contributed by atoms with E-state index in [0.29, 0.717) is 29.7 Å². The van der Waals surface area contributed by atoms with Crippen molar-refractivity contribution in [2.75, 3.05) is 0 Å². The summed E-state index contributed by atoms with van der Waals surface area (Å²) < 4.78 is 0. The molecule has 1 N–H and O–H groups in total. The van der Waals surface area contributed by atoms with E-state index in [0.717, 1.165) is 6.42 Å². The van der Waals surface area contributed by atoms with Gasteiger partial charge in [0.05, 0.1) is 5.92 Å². The Morgan fingerprint density at radius 2 is 1.81 bits per heavy atom. The van der Waals surface area contributed by atoms with Crippen LogP contribution < -0.4 is 5.32 Å². The molecule has 0 aliphatic heterocycles. The lowest BCUT2D eigenvalue weighted by atomic mass is 9.78. The van der Waals surface area contributed by atoms with Gasteiger partial charge >= 0.3 is 0 Å². The minimum absolute atomic E-state index is 0.128. The van der Waals surface area contributed by atoms with Crippen LogP contribution in [0.1, 0.15) is 67.2 Å². The lowest BCUT2D eigenvalue weighted by Crippen LogP contribution is -2.45. The second-order valence-corrected chi connectivity index (χ2v) is 8.38. The summed E-state index contributed by atoms with van der Waals surface area (Å²) in [6.45, 7) is 13.3. The van der Waals surface area contributed by atoms with Crippen LogP contribution >= 0.6 is 0 Å². The summed E-state index contributed by atoms with van der Waals surface area (Å²) in [4.78, 5) is 12.7. The second kappa shape index (κ2) is 6.14. The highest BCUT2D eigenvalue weighted by Crippen LogP contribution is 2.59. The highest BCUT2D eigenvalue weighted by molar-refractivity contribution is 5.84. The normalized spacial score (nSPS) is 34.4. The van der Waals surface area contributed by atoms with Gasteiger partial charge in [-0.25, -0.2) is 0 Å². The molecule has 21 heavy (non-hydrogen) atoms. The molecule has 0 aromatic heterocycles. The molecule has 0 bridgehead atoms. The molecular formula is C19H33NO. The molecule has 2 saturated carbocycles. The third kappa shape index (κ3) is 3.52. The van der Waals surface area contributed by atoms with Crippen molar-refractivity contribution in [1.82, 2.24) is 5.32 Å². The van der Waals surface area contributed by atoms with Crippen LogP contribution in [0.15, 0.2) is 11.6 Å². The van der Waals surface area contributed by atoms with E-state index in [2.05, 4.69) is 52.9 Å². The van der Waals surface area contributed by atoms with Crippen LogP contribution in [0, 0.1) is 29.1 Å². The van der Waals surface area contributed by atoms with Crippen molar-refractivity contribution in [2.24, 2.45) is 29.1 Å². The molecule has 120 valence electrons. The molecule has 0 aromatic rings. The quantitative estimate of drug-likeness (QED) is 0.756. The molecule has 0 saturated heterocycles. The van der Waals surface area contributed by atoms with Gasteiger partial charge < -0.3 is 5.32 Å². The maximum atomic E-state index is 12.7. The second-order valence-electron chi connectivity index (χ2n) is 8.38. The molecule has 0 spiro atoms. The number of hydrogen-bond donors (Lipinski definition) is 1. The van der Waals surface area contributed by atoms with Crippen LogP contribution in [0.3, 0.4) is 0 Å². The molecule has 2 nitrogen and oxygen atoms in total. The first kappa shape index (κ1) is 16.6. The van der Waals surface area contributed by atoms with Crippen molar-refractivity contribution in [3.8, 4) is 0 Å². The topological polar surface area (TPSA) is 29.1 Å². The molecule has 0 radical (unpaired) electrons. The van der Waals surface area contributed by atoms with Crippen molar-refractivity contribution in [3.63, 3.8) is 0 Å². The van der Waals surface area contributed by atoms with E-state index in [9.17, 15) is 4.79 Å². The number of nitrogens with one attached hydrogen (secondary N) is 1. The van der Waals surface area contributed by atoms with Crippen LogP contribution in [0.2, 0.25) is 0 Å². The standard InChI is InChI=1S/C19H33NO/c1-12(2)11-15-17(19(15,5)6)18(21)20-16-10-8-7-9-14(16)13(3)4/h11,13-17H,7-10H2,1-6H3,(H,20,21)/t14-,15+,16-,17+/m1/s1. The zero-order chi connectivity index (χ0) is 15.8. The predicted molar refractivity (Wildman–Crippen MR) is 88.9 cm³/mol. The number of rotatable bonds is 4. The summed E-state index contributed by atoms with van der Waals surface area (Å²) in [6, 6.07) is 0.398. The Labute approximate surface area is 130 Å². The van der Waals surface area contributed by atoms with E-state index in [4.69, 9.17) is 0 Å². The van der Waals surface area contributed by atoms with E-state index >= 15 is 0 Å². The smallest absolute Gasteiger partial charge is 0.224 e. The average Bonchev–Trinajstić information content (AvgIpc) is 2.90. The van der Waals surface area contributed by atoms with Crippen molar-refractivity contribution in [2.45, 2.75) is 73.3 Å². The number of allylic oxidation sites excluding steroid dienone is 2. The van der Waals surface area contributed by atoms with Crippen molar-refractivity contribution < 1.29 is 4.79 Å². The summed E-state index contributed by atoms with van der Waals surface area (Å²) in [6.07, 6.45) is 7.30. The largest absolute Gasteiger partial charge is 0.353 e. The van der Waals surface area contributed by atoms with Gasteiger partial charge in [0.15, 0.2) is 0 Å². The van der Waals surface area contributed by atoms with Gasteiger partial charge in [0.25, 0.3) is 0 Å². The van der Waals surface area contributed by atoms with Gasteiger partial charge in [0.1, 0.15) is 0 Å². The fourth-order valence-corrected chi connectivity index (χ4v) is 4.26. The minimum atomic E-state index is 0.128. The van der Waals surface area contributed by atoms with E-state index in [1.54, 1.807) is 0 Å². The van der Waals surface area contributed by atoms with E-state index in [1.165, 1.54) is 24.8 Å². The van der Waals surface area contributed by atoms with E-state index in [1.807, 2.05) is 0 Å². The highest BCUT2D eigenvalue weighted by atomic mass is 16.2. The third-order valence-corrected chi connectivity index (χ3v) is 5.71. The first-order valence-corrected chi connectivity index (χ1v) is 8.70. The van der Waals surface area contributed by atoms with Gasteiger partial charge in [-0.1, -0.05) is 52.2 Å². The first-order chi connectivity index (χ1) is 9.75. The molecule has 2 aliphatic carbocycles. The number of hydrogen-bond acceptors (Lipinski definition) is 1. The lowest BCUT2D eigenvalue weighted by molar-refractivity contribution is -0.124. The van der Waals surface area contributed by atoms with Crippen molar-refractivity contribution >= 4 is 5.91 Å². The maximum absolute atomic E-state index is 12.7. The molecular weight excluding hydrogens is 258 g/mol. The summed E-state index contributed by atoms with van der Waals surface area (Å²) in [5, 5.41) is 3.40. The minimum Gasteiger partial charge on any atom is -0.353 e. The summed E-state index contributed by atoms with van der Waals surface area (Å²) in [5.74, 6) is 2.20. The van der Waals surface area contributed by atoms with Crippen LogP contribution in [0.5, 0.6) is 0 Å². The molecule has 0 heterocycles. The van der Waals surface area contributed by atoms with Gasteiger partial charge in [-0.3, -0.25) is 4.79 Å². The zero-order valence-electron chi connectivity index (χ0n) is 14.7. The number of carbonyl (C=O) groups is 1. The van der Waals surface area contributed by atoms with Gasteiger partial charge in [-0.2, -0.15) is 0 Å². The molecule has 0 unspecified atom stereocenters. The van der Waals surface area contributed by atoms with Gasteiger partial charge in [0, 0.05) is 6.04 Å². The Morgan fingerprint density at radius 3 is 2.38 bits per heavy atom. The lowest BCUT2D eigenvalue weighted by Gasteiger charge is -2.35.